The van der Waals surface area contributed by atoms with Gasteiger partial charge in [-0.3, -0.25) is 4.79 Å². The van der Waals surface area contributed by atoms with E-state index in [0.29, 0.717) is 33.6 Å². The summed E-state index contributed by atoms with van der Waals surface area (Å²) in [4.78, 5) is 11.9. The van der Waals surface area contributed by atoms with Crippen LogP contribution < -0.4 is 15.9 Å². The number of benzene rings is 2. The molecule has 0 spiro atoms. The van der Waals surface area contributed by atoms with Gasteiger partial charge in [0.1, 0.15) is 0 Å². The molecule has 0 heterocycles. The van der Waals surface area contributed by atoms with Crippen LogP contribution in [0.15, 0.2) is 46.0 Å². The maximum Gasteiger partial charge on any atom is 0.271 e. The van der Waals surface area contributed by atoms with Gasteiger partial charge in [0.15, 0.2) is 11.5 Å². The molecule has 120 valence electrons. The molecule has 0 saturated carbocycles. The fourth-order valence-corrected chi connectivity index (χ4v) is 2.26. The highest BCUT2D eigenvalue weighted by Gasteiger charge is 2.08. The van der Waals surface area contributed by atoms with Crippen LogP contribution in [0, 0.1) is 0 Å². The minimum Gasteiger partial charge on any atom is -0.503 e. The molecule has 0 atom stereocenters. The second-order valence-electron chi connectivity index (χ2n) is 4.60. The molecule has 0 radical (unpaired) electrons. The van der Waals surface area contributed by atoms with E-state index in [-0.39, 0.29) is 11.7 Å². The van der Waals surface area contributed by atoms with Crippen molar-refractivity contribution in [1.82, 2.24) is 5.43 Å². The van der Waals surface area contributed by atoms with Crippen molar-refractivity contribution in [2.75, 3.05) is 12.3 Å². The van der Waals surface area contributed by atoms with E-state index in [9.17, 15) is 9.90 Å². The number of hydrazone groups is 1. The van der Waals surface area contributed by atoms with Gasteiger partial charge in [0.25, 0.3) is 5.91 Å². The normalized spacial score (nSPS) is 10.7. The Kier molecular flexibility index (Phi) is 5.59. The molecule has 1 amide bonds. The van der Waals surface area contributed by atoms with Crippen molar-refractivity contribution in [3.8, 4) is 11.5 Å². The van der Waals surface area contributed by atoms with Gasteiger partial charge < -0.3 is 15.6 Å². The molecule has 2 rings (SSSR count). The first-order valence-corrected chi connectivity index (χ1v) is 7.64. The molecule has 0 aliphatic heterocycles. The van der Waals surface area contributed by atoms with Crippen molar-refractivity contribution in [2.24, 2.45) is 5.10 Å². The predicted octanol–water partition coefficient (Wildman–Crippen LogP) is 2.90. The second kappa shape index (κ2) is 7.64. The number of carbonyl (C=O) groups excluding carboxylic acids is 1. The maximum atomic E-state index is 11.9. The molecule has 4 N–H and O–H groups in total. The molecule has 0 aliphatic rings. The number of rotatable bonds is 5. The number of phenols is 1. The maximum absolute atomic E-state index is 11.9. The third-order valence-corrected chi connectivity index (χ3v) is 3.51. The van der Waals surface area contributed by atoms with Crippen molar-refractivity contribution in [2.45, 2.75) is 6.92 Å². The summed E-state index contributed by atoms with van der Waals surface area (Å²) in [6.07, 6.45) is 1.46. The lowest BCUT2D eigenvalue weighted by atomic mass is 10.2. The quantitative estimate of drug-likeness (QED) is 0.423. The lowest BCUT2D eigenvalue weighted by Crippen LogP contribution is -2.17. The number of ether oxygens (including phenoxy) is 1. The zero-order chi connectivity index (χ0) is 16.8. The van der Waals surface area contributed by atoms with Gasteiger partial charge in [0, 0.05) is 11.3 Å². The minimum absolute atomic E-state index is 0.0231. The van der Waals surface area contributed by atoms with Gasteiger partial charge in [-0.05, 0) is 64.8 Å². The van der Waals surface area contributed by atoms with Gasteiger partial charge in [-0.25, -0.2) is 5.43 Å². The molecule has 6 nitrogen and oxygen atoms in total. The number of nitrogens with one attached hydrogen (secondary N) is 1. The summed E-state index contributed by atoms with van der Waals surface area (Å²) >= 11 is 3.24. The Morgan fingerprint density at radius 2 is 2.09 bits per heavy atom. The van der Waals surface area contributed by atoms with Crippen LogP contribution in [0.4, 0.5) is 5.69 Å². The highest BCUT2D eigenvalue weighted by atomic mass is 79.9. The van der Waals surface area contributed by atoms with Crippen molar-refractivity contribution in [1.29, 1.82) is 0 Å². The van der Waals surface area contributed by atoms with Gasteiger partial charge in [0.2, 0.25) is 0 Å². The Morgan fingerprint density at radius 3 is 2.74 bits per heavy atom. The van der Waals surface area contributed by atoms with E-state index in [1.807, 2.05) is 6.92 Å². The smallest absolute Gasteiger partial charge is 0.271 e. The highest BCUT2D eigenvalue weighted by molar-refractivity contribution is 9.10. The third-order valence-electron chi connectivity index (χ3n) is 2.90. The number of halogens is 1. The molecule has 0 bridgehead atoms. The molecular formula is C16H16BrN3O3. The predicted molar refractivity (Wildman–Crippen MR) is 92.9 cm³/mol. The zero-order valence-electron chi connectivity index (χ0n) is 12.4. The summed E-state index contributed by atoms with van der Waals surface area (Å²) in [5, 5.41) is 13.7. The van der Waals surface area contributed by atoms with Gasteiger partial charge in [-0.15, -0.1) is 0 Å². The number of carbonyl (C=O) groups is 1. The summed E-state index contributed by atoms with van der Waals surface area (Å²) in [6.45, 7) is 2.25. The Bertz CT molecular complexity index is 730. The van der Waals surface area contributed by atoms with Gasteiger partial charge in [-0.1, -0.05) is 0 Å². The number of phenolic OH excluding ortho intramolecular Hbond substituents is 1. The van der Waals surface area contributed by atoms with Crippen LogP contribution in [0.2, 0.25) is 0 Å². The van der Waals surface area contributed by atoms with E-state index in [0.717, 1.165) is 0 Å². The number of nitrogen functional groups attached to an aromatic ring is 1. The Hall–Kier alpha value is -2.54. The van der Waals surface area contributed by atoms with Crippen LogP contribution in [-0.4, -0.2) is 23.8 Å². The first-order chi connectivity index (χ1) is 11.0. The van der Waals surface area contributed by atoms with Gasteiger partial charge in [-0.2, -0.15) is 5.10 Å². The molecule has 7 heteroatoms. The number of amides is 1. The number of nitrogens with zero attached hydrogens (tertiary/aromatic N) is 1. The van der Waals surface area contributed by atoms with Crippen LogP contribution in [0.5, 0.6) is 11.5 Å². The average molecular weight is 378 g/mol. The largest absolute Gasteiger partial charge is 0.503 e. The van der Waals surface area contributed by atoms with Crippen LogP contribution in [0.25, 0.3) is 0 Å². The second-order valence-corrected chi connectivity index (χ2v) is 5.46. The molecule has 0 unspecified atom stereocenters. The lowest BCUT2D eigenvalue weighted by Gasteiger charge is -2.08. The summed E-state index contributed by atoms with van der Waals surface area (Å²) in [5.41, 5.74) is 9.70. The molecule has 0 saturated heterocycles. The first-order valence-electron chi connectivity index (χ1n) is 6.85. The van der Waals surface area contributed by atoms with Crippen LogP contribution in [0.1, 0.15) is 22.8 Å². The van der Waals surface area contributed by atoms with E-state index in [1.54, 1.807) is 36.4 Å². The van der Waals surface area contributed by atoms with Crippen LogP contribution >= 0.6 is 15.9 Å². The molecule has 2 aromatic carbocycles. The highest BCUT2D eigenvalue weighted by Crippen LogP contribution is 2.34. The minimum atomic E-state index is -0.343. The molecule has 0 aromatic heterocycles. The SMILES string of the molecule is CCOc1cc(/C=N\NC(=O)c2ccc(N)cc2)cc(Br)c1O. The van der Waals surface area contributed by atoms with Crippen LogP contribution in [-0.2, 0) is 0 Å². The van der Waals surface area contributed by atoms with E-state index >= 15 is 0 Å². The first kappa shape index (κ1) is 16.8. The fourth-order valence-electron chi connectivity index (χ4n) is 1.80. The van der Waals surface area contributed by atoms with Gasteiger partial charge in [0.05, 0.1) is 17.3 Å². The summed E-state index contributed by atoms with van der Waals surface area (Å²) in [6, 6.07) is 9.81. The van der Waals surface area contributed by atoms with E-state index in [1.165, 1.54) is 6.21 Å². The zero-order valence-corrected chi connectivity index (χ0v) is 14.0. The summed E-state index contributed by atoms with van der Waals surface area (Å²) < 4.78 is 5.81. The van der Waals surface area contributed by atoms with Crippen molar-refractivity contribution >= 4 is 33.7 Å². The van der Waals surface area contributed by atoms with Crippen LogP contribution in [0.3, 0.4) is 0 Å². The number of hydrogen-bond donors (Lipinski definition) is 3. The molecule has 2 aromatic rings. The standard InChI is InChI=1S/C16H16BrN3O3/c1-2-23-14-8-10(7-13(17)15(14)21)9-19-20-16(22)11-3-5-12(18)6-4-11/h3-9,21H,2,18H2,1H3,(H,20,22)/b19-9-. The van der Waals surface area contributed by atoms with E-state index < -0.39 is 0 Å². The van der Waals surface area contributed by atoms with E-state index in [2.05, 4.69) is 26.5 Å². The Balaban J connectivity index is 2.08. The van der Waals surface area contributed by atoms with E-state index in [4.69, 9.17) is 10.5 Å². The Labute approximate surface area is 142 Å². The summed E-state index contributed by atoms with van der Waals surface area (Å²) in [5.74, 6) is 0.0206. The number of nitrogens with two attached hydrogens (primary N) is 1. The third kappa shape index (κ3) is 4.46. The Morgan fingerprint density at radius 1 is 1.39 bits per heavy atom. The number of aromatic hydroxyl groups is 1. The van der Waals surface area contributed by atoms with Gasteiger partial charge >= 0.3 is 0 Å². The number of hydrogen-bond acceptors (Lipinski definition) is 5. The van der Waals surface area contributed by atoms with Crippen molar-refractivity contribution in [3.63, 3.8) is 0 Å². The average Bonchev–Trinajstić information content (AvgIpc) is 2.53. The monoisotopic (exact) mass is 377 g/mol. The molecule has 0 fully saturated rings. The molecule has 23 heavy (non-hydrogen) atoms. The summed E-state index contributed by atoms with van der Waals surface area (Å²) in [7, 11) is 0. The topological polar surface area (TPSA) is 96.9 Å². The molecular weight excluding hydrogens is 362 g/mol. The van der Waals surface area contributed by atoms with Crippen molar-refractivity contribution in [3.05, 3.63) is 52.0 Å². The fraction of sp³-hybridized carbons (Fsp3) is 0.125. The lowest BCUT2D eigenvalue weighted by molar-refractivity contribution is 0.0955. The number of anilines is 1. The molecule has 0 aliphatic carbocycles. The van der Waals surface area contributed by atoms with Crippen molar-refractivity contribution < 1.29 is 14.6 Å².